The van der Waals surface area contributed by atoms with Crippen molar-refractivity contribution in [1.82, 2.24) is 5.32 Å². The molecule has 8 nitrogen and oxygen atoms in total. The third-order valence-corrected chi connectivity index (χ3v) is 4.48. The van der Waals surface area contributed by atoms with Gasteiger partial charge in [0.2, 0.25) is 0 Å². The predicted octanol–water partition coefficient (Wildman–Crippen LogP) is 2.15. The molecule has 1 aliphatic rings. The Hall–Kier alpha value is -3.29. The number of pyridine rings is 1. The van der Waals surface area contributed by atoms with Crippen LogP contribution < -0.4 is 19.5 Å². The lowest BCUT2D eigenvalue weighted by molar-refractivity contribution is -0.608. The Bertz CT molecular complexity index is 883. The molecular formula is C21H24N2O6. The topological polar surface area (TPSA) is 101 Å². The number of rotatable bonds is 6. The molecule has 0 fully saturated rings. The first-order valence-corrected chi connectivity index (χ1v) is 9.50. The summed E-state index contributed by atoms with van der Waals surface area (Å²) in [6.45, 7) is 4.65. The first kappa shape index (κ1) is 20.4. The average Bonchev–Trinajstić information content (AvgIpc) is 2.95. The summed E-state index contributed by atoms with van der Waals surface area (Å²) in [6, 6.07) is 9.65. The van der Waals surface area contributed by atoms with Crippen LogP contribution in [0.3, 0.4) is 0 Å². The summed E-state index contributed by atoms with van der Waals surface area (Å²) in [4.78, 5) is 24.4. The number of benzene rings is 1. The summed E-state index contributed by atoms with van der Waals surface area (Å²) in [6.07, 6.45) is 2.00. The molecule has 0 bridgehead atoms. The third kappa shape index (κ3) is 5.16. The zero-order valence-corrected chi connectivity index (χ0v) is 16.4. The van der Waals surface area contributed by atoms with E-state index in [-0.39, 0.29) is 17.7 Å². The minimum Gasteiger partial charge on any atom is -0.618 e. The fraction of sp³-hybridized carbons (Fsp3) is 0.381. The molecule has 0 aliphatic carbocycles. The van der Waals surface area contributed by atoms with Gasteiger partial charge in [-0.15, -0.1) is 0 Å². The number of amides is 1. The molecular weight excluding hydrogens is 376 g/mol. The molecule has 1 aromatic carbocycles. The van der Waals surface area contributed by atoms with Crippen molar-refractivity contribution in [3.8, 4) is 11.5 Å². The van der Waals surface area contributed by atoms with Gasteiger partial charge in [-0.1, -0.05) is 19.9 Å². The normalized spacial score (nSPS) is 14.0. The number of nitrogens with one attached hydrogen (secondary N) is 1. The van der Waals surface area contributed by atoms with E-state index in [1.54, 1.807) is 6.07 Å². The lowest BCUT2D eigenvalue weighted by atomic mass is 9.95. The minimum atomic E-state index is -0.854. The van der Waals surface area contributed by atoms with Gasteiger partial charge in [0.1, 0.15) is 0 Å². The fourth-order valence-corrected chi connectivity index (χ4v) is 3.01. The van der Waals surface area contributed by atoms with Crippen molar-refractivity contribution in [3.63, 3.8) is 0 Å². The van der Waals surface area contributed by atoms with Gasteiger partial charge in [-0.25, -0.2) is 4.79 Å². The zero-order chi connectivity index (χ0) is 20.8. The van der Waals surface area contributed by atoms with Crippen LogP contribution >= 0.6 is 0 Å². The van der Waals surface area contributed by atoms with Crippen LogP contribution in [0.1, 0.15) is 42.4 Å². The number of hydrogen-bond donors (Lipinski definition) is 1. The van der Waals surface area contributed by atoms with E-state index in [0.717, 1.165) is 12.0 Å². The van der Waals surface area contributed by atoms with E-state index in [9.17, 15) is 14.8 Å². The predicted molar refractivity (Wildman–Crippen MR) is 103 cm³/mol. The molecule has 8 heteroatoms. The minimum absolute atomic E-state index is 0.0809. The van der Waals surface area contributed by atoms with Crippen LogP contribution in [0.15, 0.2) is 42.6 Å². The van der Waals surface area contributed by atoms with E-state index < -0.39 is 18.5 Å². The Morgan fingerprint density at radius 1 is 1.17 bits per heavy atom. The lowest BCUT2D eigenvalue weighted by Gasteiger charge is -2.23. The number of carbonyl (C=O) groups is 2. The smallest absolute Gasteiger partial charge is 0.405 e. The number of hydrogen-bond acceptors (Lipinski definition) is 6. The van der Waals surface area contributed by atoms with E-state index in [4.69, 9.17) is 14.2 Å². The molecule has 0 saturated heterocycles. The highest BCUT2D eigenvalue weighted by Crippen LogP contribution is 2.34. The number of aromatic nitrogens is 1. The second-order valence-corrected chi connectivity index (χ2v) is 7.03. The van der Waals surface area contributed by atoms with Crippen molar-refractivity contribution in [2.75, 3.05) is 19.8 Å². The summed E-state index contributed by atoms with van der Waals surface area (Å²) in [5.74, 6) is 0.0977. The van der Waals surface area contributed by atoms with E-state index in [2.05, 4.69) is 5.32 Å². The van der Waals surface area contributed by atoms with E-state index in [1.807, 2.05) is 32.0 Å². The van der Waals surface area contributed by atoms with Gasteiger partial charge in [-0.2, -0.15) is 4.73 Å². The highest BCUT2D eigenvalue weighted by Gasteiger charge is 2.23. The number of ether oxygens (including phenoxy) is 3. The van der Waals surface area contributed by atoms with E-state index in [1.165, 1.54) is 18.3 Å². The SMILES string of the molecule is CC(C)[C@@H](NC(=O)COC(=O)c1cccc[n+]1[O-])c1ccc2c(c1)OCCCO2. The lowest BCUT2D eigenvalue weighted by Crippen LogP contribution is -2.37. The molecule has 1 atom stereocenters. The molecule has 1 amide bonds. The van der Waals surface area contributed by atoms with Crippen molar-refractivity contribution in [2.24, 2.45) is 5.92 Å². The largest absolute Gasteiger partial charge is 0.618 e. The number of esters is 1. The Kier molecular flexibility index (Phi) is 6.54. The highest BCUT2D eigenvalue weighted by atomic mass is 16.5. The summed E-state index contributed by atoms with van der Waals surface area (Å²) >= 11 is 0. The van der Waals surface area contributed by atoms with Crippen molar-refractivity contribution < 1.29 is 28.5 Å². The van der Waals surface area contributed by atoms with Gasteiger partial charge in [0.25, 0.3) is 5.91 Å². The Balaban J connectivity index is 1.64. The van der Waals surface area contributed by atoms with E-state index in [0.29, 0.717) is 29.4 Å². The van der Waals surface area contributed by atoms with Gasteiger partial charge >= 0.3 is 11.7 Å². The molecule has 1 aromatic heterocycles. The molecule has 0 unspecified atom stereocenters. The monoisotopic (exact) mass is 400 g/mol. The Morgan fingerprint density at radius 3 is 2.66 bits per heavy atom. The summed E-state index contributed by atoms with van der Waals surface area (Å²) in [5, 5.41) is 14.5. The van der Waals surface area contributed by atoms with Crippen LogP contribution in [0.2, 0.25) is 0 Å². The first-order valence-electron chi connectivity index (χ1n) is 9.50. The summed E-state index contributed by atoms with van der Waals surface area (Å²) in [7, 11) is 0. The van der Waals surface area contributed by atoms with Crippen LogP contribution in [0.25, 0.3) is 0 Å². The molecule has 0 radical (unpaired) electrons. The van der Waals surface area contributed by atoms with Gasteiger partial charge < -0.3 is 24.7 Å². The van der Waals surface area contributed by atoms with Crippen LogP contribution in [0.4, 0.5) is 0 Å². The van der Waals surface area contributed by atoms with Gasteiger partial charge in [-0.3, -0.25) is 4.79 Å². The zero-order valence-electron chi connectivity index (χ0n) is 16.4. The molecule has 2 heterocycles. The number of nitrogens with zero attached hydrogens (tertiary/aromatic N) is 1. The molecule has 1 aliphatic heterocycles. The third-order valence-electron chi connectivity index (χ3n) is 4.48. The molecule has 0 saturated carbocycles. The van der Waals surface area contributed by atoms with E-state index >= 15 is 0 Å². The van der Waals surface area contributed by atoms with Crippen molar-refractivity contribution >= 4 is 11.9 Å². The molecule has 29 heavy (non-hydrogen) atoms. The maximum atomic E-state index is 12.4. The molecule has 0 spiro atoms. The second-order valence-electron chi connectivity index (χ2n) is 7.03. The Morgan fingerprint density at radius 2 is 1.93 bits per heavy atom. The molecule has 3 rings (SSSR count). The maximum absolute atomic E-state index is 12.4. The van der Waals surface area contributed by atoms with Crippen LogP contribution in [-0.2, 0) is 9.53 Å². The van der Waals surface area contributed by atoms with Crippen LogP contribution in [0.5, 0.6) is 11.5 Å². The second kappa shape index (κ2) is 9.27. The first-order chi connectivity index (χ1) is 14.0. The van der Waals surface area contributed by atoms with Crippen molar-refractivity contribution in [3.05, 3.63) is 59.1 Å². The number of carbonyl (C=O) groups excluding carboxylic acids is 2. The maximum Gasteiger partial charge on any atom is 0.405 e. The van der Waals surface area contributed by atoms with Crippen molar-refractivity contribution in [2.45, 2.75) is 26.3 Å². The summed E-state index contributed by atoms with van der Waals surface area (Å²) < 4.78 is 16.7. The molecule has 2 aromatic rings. The summed E-state index contributed by atoms with van der Waals surface area (Å²) in [5.41, 5.74) is 0.688. The quantitative estimate of drug-likeness (QED) is 0.453. The van der Waals surface area contributed by atoms with Gasteiger partial charge in [0.15, 0.2) is 24.3 Å². The van der Waals surface area contributed by atoms with Gasteiger partial charge in [0, 0.05) is 18.6 Å². The Labute approximate surface area is 169 Å². The van der Waals surface area contributed by atoms with Crippen LogP contribution in [-0.4, -0.2) is 31.7 Å². The van der Waals surface area contributed by atoms with Gasteiger partial charge in [0.05, 0.1) is 19.3 Å². The van der Waals surface area contributed by atoms with Crippen LogP contribution in [0, 0.1) is 11.1 Å². The van der Waals surface area contributed by atoms with Gasteiger partial charge in [-0.05, 0) is 29.7 Å². The average molecular weight is 400 g/mol. The van der Waals surface area contributed by atoms with Crippen molar-refractivity contribution in [1.29, 1.82) is 0 Å². The fourth-order valence-electron chi connectivity index (χ4n) is 3.01. The number of fused-ring (bicyclic) bond motifs is 1. The highest BCUT2D eigenvalue weighted by molar-refractivity contribution is 5.88. The molecule has 1 N–H and O–H groups in total. The standard InChI is InChI=1S/C21H24N2O6/c1-14(2)20(15-7-8-17-18(12-15)28-11-5-10-27-17)22-19(24)13-29-21(25)16-6-3-4-9-23(16)26/h3-4,6-9,12,14,20H,5,10-11,13H2,1-2H3,(H,22,24)/t20-/m1/s1. The molecule has 154 valence electrons.